The summed E-state index contributed by atoms with van der Waals surface area (Å²) in [5, 5.41) is 17.7. The highest BCUT2D eigenvalue weighted by molar-refractivity contribution is 6.30. The number of hydrogen-bond donors (Lipinski definition) is 1. The lowest BCUT2D eigenvalue weighted by atomic mass is 10.2. The number of aromatic nitrogens is 4. The fraction of sp³-hybridized carbons (Fsp3) is 0.0526. The van der Waals surface area contributed by atoms with Crippen molar-refractivity contribution in [2.75, 3.05) is 12.5 Å². The zero-order valence-electron chi connectivity index (χ0n) is 14.4. The molecule has 0 radical (unpaired) electrons. The molecule has 0 spiro atoms. The van der Waals surface area contributed by atoms with E-state index < -0.39 is 0 Å². The predicted molar refractivity (Wildman–Crippen MR) is 105 cm³/mol. The summed E-state index contributed by atoms with van der Waals surface area (Å²) in [6.07, 6.45) is 1.71. The average molecular weight is 379 g/mol. The van der Waals surface area contributed by atoms with Crippen molar-refractivity contribution in [1.29, 1.82) is 0 Å². The van der Waals surface area contributed by atoms with Gasteiger partial charge in [-0.2, -0.15) is 9.62 Å². The van der Waals surface area contributed by atoms with Crippen molar-refractivity contribution < 1.29 is 4.74 Å². The third-order valence-electron chi connectivity index (χ3n) is 3.87. The van der Waals surface area contributed by atoms with Crippen LogP contribution in [-0.2, 0) is 0 Å². The number of hydrogen-bond acceptors (Lipinski definition) is 6. The second-order valence-electron chi connectivity index (χ2n) is 5.66. The van der Waals surface area contributed by atoms with Crippen molar-refractivity contribution >= 4 is 29.3 Å². The van der Waals surface area contributed by atoms with Gasteiger partial charge in [0.15, 0.2) is 17.3 Å². The fourth-order valence-electron chi connectivity index (χ4n) is 2.49. The van der Waals surface area contributed by atoms with Crippen LogP contribution < -0.4 is 10.2 Å². The predicted octanol–water partition coefficient (Wildman–Crippen LogP) is 3.90. The minimum Gasteiger partial charge on any atom is -0.497 e. The van der Waals surface area contributed by atoms with Gasteiger partial charge in [0.2, 0.25) is 0 Å². The van der Waals surface area contributed by atoms with Crippen LogP contribution in [-0.4, -0.2) is 33.1 Å². The maximum Gasteiger partial charge on any atom is 0.185 e. The molecule has 0 saturated heterocycles. The van der Waals surface area contributed by atoms with Gasteiger partial charge in [-0.1, -0.05) is 11.6 Å². The van der Waals surface area contributed by atoms with Gasteiger partial charge >= 0.3 is 0 Å². The molecule has 0 aliphatic rings. The van der Waals surface area contributed by atoms with Crippen molar-refractivity contribution in [3.8, 4) is 17.1 Å². The molecule has 0 aliphatic carbocycles. The smallest absolute Gasteiger partial charge is 0.185 e. The topological polar surface area (TPSA) is 76.7 Å². The van der Waals surface area contributed by atoms with Gasteiger partial charge in [0.05, 0.1) is 13.3 Å². The molecule has 0 unspecified atom stereocenters. The lowest BCUT2D eigenvalue weighted by Crippen LogP contribution is -2.00. The van der Waals surface area contributed by atoms with E-state index in [2.05, 4.69) is 25.8 Å². The van der Waals surface area contributed by atoms with Gasteiger partial charge in [0, 0.05) is 10.6 Å². The van der Waals surface area contributed by atoms with Crippen LogP contribution in [0.4, 0.5) is 5.82 Å². The number of methoxy groups -OCH3 is 1. The summed E-state index contributed by atoms with van der Waals surface area (Å²) in [6.45, 7) is 0. The van der Waals surface area contributed by atoms with Crippen LogP contribution in [0.15, 0.2) is 65.8 Å². The number of nitrogens with one attached hydrogen (secondary N) is 1. The number of nitrogens with zero attached hydrogens (tertiary/aromatic N) is 5. The second-order valence-corrected chi connectivity index (χ2v) is 6.10. The Morgan fingerprint density at radius 1 is 1.00 bits per heavy atom. The molecule has 134 valence electrons. The zero-order chi connectivity index (χ0) is 18.6. The standard InChI is InChI=1S/C19H15ClN6O/c1-27-16-8-2-13(3-9-16)12-21-22-17-10-11-18-23-24-19(26(18)25-17)14-4-6-15(20)7-5-14/h2-12H,1H3,(H,22,25)/b21-12+. The number of ether oxygens (including phenoxy) is 1. The van der Waals surface area contributed by atoms with E-state index in [9.17, 15) is 0 Å². The van der Waals surface area contributed by atoms with E-state index in [1.807, 2.05) is 42.5 Å². The van der Waals surface area contributed by atoms with Gasteiger partial charge in [-0.15, -0.1) is 15.3 Å². The Morgan fingerprint density at radius 2 is 1.78 bits per heavy atom. The van der Waals surface area contributed by atoms with Crippen molar-refractivity contribution in [2.45, 2.75) is 0 Å². The average Bonchev–Trinajstić information content (AvgIpc) is 3.12. The zero-order valence-corrected chi connectivity index (χ0v) is 15.1. The number of benzene rings is 2. The molecule has 2 aromatic heterocycles. The SMILES string of the molecule is COc1ccc(/C=N/Nc2ccc3nnc(-c4ccc(Cl)cc4)n3n2)cc1. The van der Waals surface area contributed by atoms with Gasteiger partial charge in [0.1, 0.15) is 5.75 Å². The molecule has 7 nitrogen and oxygen atoms in total. The molecule has 0 bridgehead atoms. The summed E-state index contributed by atoms with van der Waals surface area (Å²) in [4.78, 5) is 0. The number of hydrazone groups is 1. The Kier molecular flexibility index (Phi) is 4.67. The number of halogens is 1. The fourth-order valence-corrected chi connectivity index (χ4v) is 2.62. The number of anilines is 1. The molecule has 0 amide bonds. The molecule has 0 saturated carbocycles. The van der Waals surface area contributed by atoms with Gasteiger partial charge in [-0.25, -0.2) is 0 Å². The summed E-state index contributed by atoms with van der Waals surface area (Å²) in [6, 6.07) is 18.6. The number of rotatable bonds is 5. The maximum absolute atomic E-state index is 5.95. The highest BCUT2D eigenvalue weighted by Crippen LogP contribution is 2.20. The van der Waals surface area contributed by atoms with E-state index in [0.29, 0.717) is 22.3 Å². The quantitative estimate of drug-likeness (QED) is 0.421. The third kappa shape index (κ3) is 3.73. The summed E-state index contributed by atoms with van der Waals surface area (Å²) in [7, 11) is 1.63. The van der Waals surface area contributed by atoms with Crippen LogP contribution in [0.25, 0.3) is 17.0 Å². The molecule has 4 rings (SSSR count). The largest absolute Gasteiger partial charge is 0.497 e. The molecule has 0 atom stereocenters. The minimum atomic E-state index is 0.572. The van der Waals surface area contributed by atoms with Gasteiger partial charge in [-0.3, -0.25) is 5.43 Å². The van der Waals surface area contributed by atoms with Crippen molar-refractivity contribution in [1.82, 2.24) is 19.8 Å². The van der Waals surface area contributed by atoms with Crippen LogP contribution in [0.2, 0.25) is 5.02 Å². The van der Waals surface area contributed by atoms with Gasteiger partial charge in [-0.05, 0) is 66.2 Å². The van der Waals surface area contributed by atoms with Gasteiger partial charge < -0.3 is 4.74 Å². The van der Waals surface area contributed by atoms with Crippen molar-refractivity contribution in [3.05, 3.63) is 71.2 Å². The molecular weight excluding hydrogens is 364 g/mol. The molecular formula is C19H15ClN6O. The number of fused-ring (bicyclic) bond motifs is 1. The molecule has 27 heavy (non-hydrogen) atoms. The summed E-state index contributed by atoms with van der Waals surface area (Å²) < 4.78 is 6.80. The van der Waals surface area contributed by atoms with E-state index in [4.69, 9.17) is 16.3 Å². The Balaban J connectivity index is 1.56. The first-order valence-corrected chi connectivity index (χ1v) is 8.52. The first kappa shape index (κ1) is 17.0. The summed E-state index contributed by atoms with van der Waals surface area (Å²) in [5.41, 5.74) is 5.38. The molecule has 2 aromatic carbocycles. The maximum atomic E-state index is 5.95. The summed E-state index contributed by atoms with van der Waals surface area (Å²) in [5.74, 6) is 2.00. The van der Waals surface area contributed by atoms with Crippen LogP contribution in [0.1, 0.15) is 5.56 Å². The normalized spacial score (nSPS) is 11.2. The van der Waals surface area contributed by atoms with Crippen LogP contribution in [0.5, 0.6) is 5.75 Å². The molecule has 2 heterocycles. The molecule has 8 heteroatoms. The Morgan fingerprint density at radius 3 is 2.52 bits per heavy atom. The van der Waals surface area contributed by atoms with Crippen LogP contribution in [0.3, 0.4) is 0 Å². The highest BCUT2D eigenvalue weighted by Gasteiger charge is 2.09. The highest BCUT2D eigenvalue weighted by atomic mass is 35.5. The minimum absolute atomic E-state index is 0.572. The Hall–Kier alpha value is -3.45. The first-order valence-electron chi connectivity index (χ1n) is 8.14. The van der Waals surface area contributed by atoms with Gasteiger partial charge in [0.25, 0.3) is 0 Å². The van der Waals surface area contributed by atoms with Crippen molar-refractivity contribution in [2.24, 2.45) is 5.10 Å². The van der Waals surface area contributed by atoms with E-state index in [1.54, 1.807) is 36.0 Å². The molecule has 4 aromatic rings. The Labute approximate surface area is 160 Å². The van der Waals surface area contributed by atoms with E-state index in [1.165, 1.54) is 0 Å². The van der Waals surface area contributed by atoms with Crippen LogP contribution in [0, 0.1) is 0 Å². The van der Waals surface area contributed by atoms with Crippen LogP contribution >= 0.6 is 11.6 Å². The van der Waals surface area contributed by atoms with E-state index in [-0.39, 0.29) is 0 Å². The molecule has 0 aliphatic heterocycles. The lowest BCUT2D eigenvalue weighted by molar-refractivity contribution is 0.415. The second kappa shape index (κ2) is 7.43. The van der Waals surface area contributed by atoms with E-state index in [0.717, 1.165) is 16.9 Å². The van der Waals surface area contributed by atoms with E-state index >= 15 is 0 Å². The first-order chi connectivity index (χ1) is 13.2. The lowest BCUT2D eigenvalue weighted by Gasteiger charge is -2.03. The summed E-state index contributed by atoms with van der Waals surface area (Å²) >= 11 is 5.95. The molecule has 0 fully saturated rings. The molecule has 1 N–H and O–H groups in total. The monoisotopic (exact) mass is 378 g/mol. The third-order valence-corrected chi connectivity index (χ3v) is 4.13. The van der Waals surface area contributed by atoms with Crippen molar-refractivity contribution in [3.63, 3.8) is 0 Å². The Bertz CT molecular complexity index is 1090.